The lowest BCUT2D eigenvalue weighted by molar-refractivity contribution is -0.0585. The van der Waals surface area contributed by atoms with Crippen molar-refractivity contribution in [3.63, 3.8) is 0 Å². The molecule has 2 rings (SSSR count). The Kier molecular flexibility index (Phi) is 27.2. The molecule has 3 atom stereocenters. The van der Waals surface area contributed by atoms with E-state index < -0.39 is 25.0 Å². The number of nitriles is 1. The maximum atomic E-state index is 9.68. The van der Waals surface area contributed by atoms with Crippen molar-refractivity contribution in [1.29, 1.82) is 5.26 Å². The Morgan fingerprint density at radius 3 is 1.21 bits per heavy atom. The molecular formula is C49H91NO4Si3. The van der Waals surface area contributed by atoms with Crippen molar-refractivity contribution in [2.75, 3.05) is 6.61 Å². The summed E-state index contributed by atoms with van der Waals surface area (Å²) in [6.07, 6.45) is 23.7. The van der Waals surface area contributed by atoms with Gasteiger partial charge in [0.05, 0.1) is 24.3 Å². The minimum Gasteiger partial charge on any atom is -0.485 e. The number of rotatable bonds is 35. The Bertz CT molecular complexity index is 1170. The second-order valence-corrected chi connectivity index (χ2v) is 30.2. The van der Waals surface area contributed by atoms with Crippen molar-refractivity contribution in [2.24, 2.45) is 0 Å². The van der Waals surface area contributed by atoms with Crippen LogP contribution in [0, 0.1) is 11.3 Å². The van der Waals surface area contributed by atoms with Crippen LogP contribution in [0.15, 0.2) is 30.3 Å². The lowest BCUT2D eigenvalue weighted by atomic mass is 10.0. The van der Waals surface area contributed by atoms with Crippen LogP contribution < -0.4 is 0 Å². The molecule has 0 aliphatic carbocycles. The Balaban J connectivity index is 2.92. The first-order chi connectivity index (χ1) is 27.7. The molecule has 1 heterocycles. The van der Waals surface area contributed by atoms with E-state index in [2.05, 4.69) is 86.6 Å². The zero-order valence-corrected chi connectivity index (χ0v) is 42.0. The zero-order chi connectivity index (χ0) is 41.8. The van der Waals surface area contributed by atoms with E-state index in [-0.39, 0.29) is 18.3 Å². The summed E-state index contributed by atoms with van der Waals surface area (Å²) in [4.78, 5) is 0. The minimum atomic E-state index is -2.19. The number of unbranched alkanes of at least 4 members (excludes halogenated alkanes) is 9. The summed E-state index contributed by atoms with van der Waals surface area (Å²) >= 11 is 0. The summed E-state index contributed by atoms with van der Waals surface area (Å²) in [5.41, 5.74) is 1.69. The third kappa shape index (κ3) is 18.1. The normalized spacial score (nSPS) is 17.7. The summed E-state index contributed by atoms with van der Waals surface area (Å²) in [5, 5.41) is 9.68. The van der Waals surface area contributed by atoms with Crippen LogP contribution in [0.4, 0.5) is 0 Å². The third-order valence-corrected chi connectivity index (χ3v) is 26.5. The van der Waals surface area contributed by atoms with E-state index >= 15 is 0 Å². The molecule has 57 heavy (non-hydrogen) atoms. The summed E-state index contributed by atoms with van der Waals surface area (Å²) in [5.74, 6) is 0.883. The predicted molar refractivity (Wildman–Crippen MR) is 254 cm³/mol. The fourth-order valence-corrected chi connectivity index (χ4v) is 23.5. The second-order valence-electron chi connectivity index (χ2n) is 17.8. The Morgan fingerprint density at radius 2 is 0.860 bits per heavy atom. The van der Waals surface area contributed by atoms with Crippen molar-refractivity contribution in [3.8, 4) is 6.07 Å². The molecule has 0 saturated heterocycles. The lowest BCUT2D eigenvalue weighted by Gasteiger charge is -2.47. The van der Waals surface area contributed by atoms with Crippen molar-refractivity contribution in [3.05, 3.63) is 41.5 Å². The highest BCUT2D eigenvalue weighted by atomic mass is 28.4. The summed E-state index contributed by atoms with van der Waals surface area (Å²) in [6, 6.07) is 21.4. The first-order valence-corrected chi connectivity index (χ1v) is 32.2. The molecule has 0 unspecified atom stereocenters. The standard InChI is InChI=1S/C49H91NO4Si3/c1-10-19-32-55(33-20-11-2,34-21-12-3)51-43-48-49(54-57(38-25-16-7,39-26-17-8)40-27-18-9)47(41-46(52-48)45-30-28-44(42-50)29-31-45)53-56(35-22-13-4,36-23-14-5)37-24-15-6/h28-31,41,47-49H,10-27,32-40,43H2,1-9H3/t47-,48-,49+/m1/s1. The van der Waals surface area contributed by atoms with Crippen LogP contribution in [0.25, 0.3) is 5.76 Å². The van der Waals surface area contributed by atoms with Crippen molar-refractivity contribution in [2.45, 2.75) is 251 Å². The van der Waals surface area contributed by atoms with E-state index in [0.29, 0.717) is 12.2 Å². The van der Waals surface area contributed by atoms with E-state index in [1.54, 1.807) is 0 Å². The average Bonchev–Trinajstić information content (AvgIpc) is 3.24. The van der Waals surface area contributed by atoms with E-state index in [1.807, 2.05) is 12.1 Å². The van der Waals surface area contributed by atoms with E-state index in [0.717, 1.165) is 11.3 Å². The Morgan fingerprint density at radius 1 is 0.509 bits per heavy atom. The van der Waals surface area contributed by atoms with Crippen molar-refractivity contribution >= 4 is 30.7 Å². The van der Waals surface area contributed by atoms with Gasteiger partial charge >= 0.3 is 0 Å². The van der Waals surface area contributed by atoms with E-state index in [1.165, 1.54) is 170 Å². The van der Waals surface area contributed by atoms with Crippen LogP contribution in [0.5, 0.6) is 0 Å². The van der Waals surface area contributed by atoms with Crippen LogP contribution in [0.3, 0.4) is 0 Å². The molecule has 328 valence electrons. The highest BCUT2D eigenvalue weighted by Gasteiger charge is 2.48. The van der Waals surface area contributed by atoms with Gasteiger partial charge in [0.1, 0.15) is 18.0 Å². The average molecular weight is 843 g/mol. The SMILES string of the molecule is CCCC[Si](CCCC)(CCCC)OC[C@H]1OC(c2ccc(C#N)cc2)=C[C@@H](O[Si](CCCC)(CCCC)CCCC)[C@@H]1O[Si](CCCC)(CCCC)CCCC. The van der Waals surface area contributed by atoms with Gasteiger partial charge in [-0.05, 0) is 84.7 Å². The smallest absolute Gasteiger partial charge is 0.193 e. The molecule has 0 bridgehead atoms. The van der Waals surface area contributed by atoms with Gasteiger partial charge in [-0.3, -0.25) is 0 Å². The minimum absolute atomic E-state index is 0.176. The molecule has 0 spiro atoms. The molecule has 0 saturated carbocycles. The van der Waals surface area contributed by atoms with Gasteiger partial charge in [-0.15, -0.1) is 0 Å². The number of hydrogen-bond donors (Lipinski definition) is 0. The van der Waals surface area contributed by atoms with Gasteiger partial charge in [0.15, 0.2) is 25.0 Å². The molecule has 1 aliphatic heterocycles. The van der Waals surface area contributed by atoms with Crippen molar-refractivity contribution in [1.82, 2.24) is 0 Å². The number of benzene rings is 1. The summed E-state index contributed by atoms with van der Waals surface area (Å²) in [7, 11) is -6.39. The van der Waals surface area contributed by atoms with Gasteiger partial charge in [-0.2, -0.15) is 5.26 Å². The van der Waals surface area contributed by atoms with Gasteiger partial charge in [-0.25, -0.2) is 0 Å². The fourth-order valence-electron chi connectivity index (χ4n) is 8.99. The molecule has 0 N–H and O–H groups in total. The molecule has 8 heteroatoms. The molecule has 0 amide bonds. The molecule has 0 fully saturated rings. The predicted octanol–water partition coefficient (Wildman–Crippen LogP) is 16.1. The Hall–Kier alpha value is -1.22. The van der Waals surface area contributed by atoms with Gasteiger partial charge in [0, 0.05) is 5.56 Å². The summed E-state index contributed by atoms with van der Waals surface area (Å²) in [6.45, 7) is 21.7. The first kappa shape index (κ1) is 51.9. The Labute approximate surface area is 357 Å². The topological polar surface area (TPSA) is 60.7 Å². The van der Waals surface area contributed by atoms with Gasteiger partial charge < -0.3 is 18.0 Å². The van der Waals surface area contributed by atoms with Gasteiger partial charge in [-0.1, -0.05) is 178 Å². The molecule has 1 aromatic carbocycles. The van der Waals surface area contributed by atoms with Crippen LogP contribution in [0.2, 0.25) is 54.4 Å². The van der Waals surface area contributed by atoms with Crippen molar-refractivity contribution < 1.29 is 18.0 Å². The van der Waals surface area contributed by atoms with Crippen LogP contribution >= 0.6 is 0 Å². The second kappa shape index (κ2) is 29.9. The highest BCUT2D eigenvalue weighted by molar-refractivity contribution is 6.75. The maximum absolute atomic E-state index is 9.68. The molecule has 1 aliphatic rings. The molecule has 1 aromatic rings. The van der Waals surface area contributed by atoms with Crippen LogP contribution in [-0.2, 0) is 18.0 Å². The number of hydrogen-bond acceptors (Lipinski definition) is 5. The lowest BCUT2D eigenvalue weighted by Crippen LogP contribution is -2.57. The fraction of sp³-hybridized carbons (Fsp3) is 0.816. The molecular weight excluding hydrogens is 751 g/mol. The number of ether oxygens (including phenoxy) is 1. The summed E-state index contributed by atoms with van der Waals surface area (Å²) < 4.78 is 31.0. The van der Waals surface area contributed by atoms with E-state index in [9.17, 15) is 5.26 Å². The largest absolute Gasteiger partial charge is 0.485 e. The quantitative estimate of drug-likeness (QED) is 0.0637. The molecule has 0 aromatic heterocycles. The highest BCUT2D eigenvalue weighted by Crippen LogP contribution is 2.41. The molecule has 5 nitrogen and oxygen atoms in total. The van der Waals surface area contributed by atoms with Crippen LogP contribution in [0.1, 0.15) is 189 Å². The van der Waals surface area contributed by atoms with E-state index in [4.69, 9.17) is 18.0 Å². The third-order valence-electron chi connectivity index (χ3n) is 12.8. The van der Waals surface area contributed by atoms with Crippen LogP contribution in [-0.4, -0.2) is 49.9 Å². The van der Waals surface area contributed by atoms with Gasteiger partial charge in [0.2, 0.25) is 0 Å². The van der Waals surface area contributed by atoms with Gasteiger partial charge in [0.25, 0.3) is 0 Å². The number of nitrogens with zero attached hydrogens (tertiary/aromatic N) is 1. The maximum Gasteiger partial charge on any atom is 0.193 e. The zero-order valence-electron chi connectivity index (χ0n) is 39.0. The first-order valence-electron chi connectivity index (χ1n) is 24.6. The molecule has 0 radical (unpaired) electrons. The monoisotopic (exact) mass is 842 g/mol.